The molecule has 17 heavy (non-hydrogen) atoms. The standard InChI is InChI=1S/C15H32N2/c1-3-5-6-7-12-15(17-16)14-11-9-8-10-13(14)4-2/h13-15,17H,3-12,16H2,1-2H3. The van der Waals surface area contributed by atoms with Gasteiger partial charge < -0.3 is 0 Å². The SMILES string of the molecule is CCCCCCC(NN)C1CCCCC1CC. The van der Waals surface area contributed by atoms with Crippen LogP contribution in [0.5, 0.6) is 0 Å². The maximum absolute atomic E-state index is 5.79. The second kappa shape index (κ2) is 8.93. The number of hydrogen-bond acceptors (Lipinski definition) is 2. The lowest BCUT2D eigenvalue weighted by Gasteiger charge is -2.36. The van der Waals surface area contributed by atoms with Gasteiger partial charge in [-0.3, -0.25) is 11.3 Å². The molecule has 0 bridgehead atoms. The van der Waals surface area contributed by atoms with Gasteiger partial charge >= 0.3 is 0 Å². The molecule has 3 N–H and O–H groups in total. The largest absolute Gasteiger partial charge is 0.271 e. The van der Waals surface area contributed by atoms with E-state index in [1.165, 1.54) is 64.2 Å². The van der Waals surface area contributed by atoms with Gasteiger partial charge in [-0.15, -0.1) is 0 Å². The molecule has 0 spiro atoms. The highest BCUT2D eigenvalue weighted by Crippen LogP contribution is 2.35. The fourth-order valence-corrected chi connectivity index (χ4v) is 3.48. The summed E-state index contributed by atoms with van der Waals surface area (Å²) in [6.07, 6.45) is 13.7. The molecular weight excluding hydrogens is 208 g/mol. The molecule has 0 heterocycles. The maximum atomic E-state index is 5.79. The summed E-state index contributed by atoms with van der Waals surface area (Å²) in [6.45, 7) is 4.61. The molecule has 0 aromatic rings. The first-order valence-corrected chi connectivity index (χ1v) is 7.79. The van der Waals surface area contributed by atoms with Gasteiger partial charge in [0.2, 0.25) is 0 Å². The van der Waals surface area contributed by atoms with Crippen molar-refractivity contribution in [2.75, 3.05) is 0 Å². The van der Waals surface area contributed by atoms with Crippen LogP contribution in [-0.2, 0) is 0 Å². The van der Waals surface area contributed by atoms with E-state index < -0.39 is 0 Å². The molecule has 1 saturated carbocycles. The molecule has 102 valence electrons. The van der Waals surface area contributed by atoms with Crippen molar-refractivity contribution in [3.05, 3.63) is 0 Å². The van der Waals surface area contributed by atoms with Crippen LogP contribution in [-0.4, -0.2) is 6.04 Å². The Labute approximate surface area is 108 Å². The van der Waals surface area contributed by atoms with Crippen LogP contribution in [0.1, 0.15) is 78.1 Å². The first-order chi connectivity index (χ1) is 8.33. The summed E-state index contributed by atoms with van der Waals surface area (Å²) in [6, 6.07) is 0.567. The summed E-state index contributed by atoms with van der Waals surface area (Å²) in [7, 11) is 0. The van der Waals surface area contributed by atoms with Gasteiger partial charge in [-0.2, -0.15) is 0 Å². The van der Waals surface area contributed by atoms with Crippen molar-refractivity contribution in [3.63, 3.8) is 0 Å². The molecule has 1 aliphatic rings. The molecule has 0 radical (unpaired) electrons. The van der Waals surface area contributed by atoms with E-state index in [-0.39, 0.29) is 0 Å². The summed E-state index contributed by atoms with van der Waals surface area (Å²) >= 11 is 0. The molecule has 2 heteroatoms. The van der Waals surface area contributed by atoms with Crippen LogP contribution in [0.3, 0.4) is 0 Å². The van der Waals surface area contributed by atoms with Crippen molar-refractivity contribution in [1.82, 2.24) is 5.43 Å². The molecule has 0 aliphatic heterocycles. The maximum Gasteiger partial charge on any atom is 0.0241 e. The van der Waals surface area contributed by atoms with Gasteiger partial charge in [0, 0.05) is 6.04 Å². The van der Waals surface area contributed by atoms with Crippen LogP contribution in [0, 0.1) is 11.8 Å². The van der Waals surface area contributed by atoms with Crippen molar-refractivity contribution in [3.8, 4) is 0 Å². The molecule has 0 aromatic carbocycles. The van der Waals surface area contributed by atoms with Crippen LogP contribution in [0.15, 0.2) is 0 Å². The Kier molecular flexibility index (Phi) is 7.87. The highest BCUT2D eigenvalue weighted by atomic mass is 15.2. The number of nitrogens with two attached hydrogens (primary N) is 1. The lowest BCUT2D eigenvalue weighted by atomic mass is 9.73. The van der Waals surface area contributed by atoms with Crippen molar-refractivity contribution in [2.24, 2.45) is 17.7 Å². The predicted molar refractivity (Wildman–Crippen MR) is 75.6 cm³/mol. The molecule has 3 unspecified atom stereocenters. The molecule has 1 rings (SSSR count). The van der Waals surface area contributed by atoms with Crippen LogP contribution >= 0.6 is 0 Å². The molecule has 1 fully saturated rings. The zero-order valence-corrected chi connectivity index (χ0v) is 11.9. The number of nitrogens with one attached hydrogen (secondary N) is 1. The molecule has 3 atom stereocenters. The second-order valence-corrected chi connectivity index (χ2v) is 5.74. The summed E-state index contributed by atoms with van der Waals surface area (Å²) in [5.41, 5.74) is 3.11. The van der Waals surface area contributed by atoms with Crippen LogP contribution in [0.25, 0.3) is 0 Å². The predicted octanol–water partition coefficient (Wildman–Crippen LogP) is 4.01. The van der Waals surface area contributed by atoms with E-state index in [1.807, 2.05) is 0 Å². The van der Waals surface area contributed by atoms with E-state index in [0.717, 1.165) is 11.8 Å². The van der Waals surface area contributed by atoms with Crippen LogP contribution < -0.4 is 11.3 Å². The van der Waals surface area contributed by atoms with E-state index in [2.05, 4.69) is 19.3 Å². The molecule has 0 aromatic heterocycles. The average Bonchev–Trinajstić information content (AvgIpc) is 2.39. The molecule has 2 nitrogen and oxygen atoms in total. The number of rotatable bonds is 8. The van der Waals surface area contributed by atoms with Gasteiger partial charge in [-0.25, -0.2) is 0 Å². The fraction of sp³-hybridized carbons (Fsp3) is 1.00. The number of unbranched alkanes of at least 4 members (excludes halogenated alkanes) is 3. The number of hydrogen-bond donors (Lipinski definition) is 2. The van der Waals surface area contributed by atoms with Crippen LogP contribution in [0.4, 0.5) is 0 Å². The van der Waals surface area contributed by atoms with E-state index in [4.69, 9.17) is 5.84 Å². The Bertz CT molecular complexity index is 182. The highest BCUT2D eigenvalue weighted by molar-refractivity contribution is 4.83. The quantitative estimate of drug-likeness (QED) is 0.382. The van der Waals surface area contributed by atoms with Crippen molar-refractivity contribution in [1.29, 1.82) is 0 Å². The Hall–Kier alpha value is -0.0800. The molecule has 0 amide bonds. The summed E-state index contributed by atoms with van der Waals surface area (Å²) < 4.78 is 0. The van der Waals surface area contributed by atoms with Gasteiger partial charge in [0.1, 0.15) is 0 Å². The minimum Gasteiger partial charge on any atom is -0.271 e. The minimum atomic E-state index is 0.567. The van der Waals surface area contributed by atoms with Crippen LogP contribution in [0.2, 0.25) is 0 Å². The van der Waals surface area contributed by atoms with Gasteiger partial charge in [-0.1, -0.05) is 65.2 Å². The van der Waals surface area contributed by atoms with Gasteiger partial charge in [0.25, 0.3) is 0 Å². The Morgan fingerprint density at radius 1 is 1.12 bits per heavy atom. The zero-order chi connectivity index (χ0) is 12.5. The Morgan fingerprint density at radius 2 is 1.88 bits per heavy atom. The molecule has 1 aliphatic carbocycles. The lowest BCUT2D eigenvalue weighted by Crippen LogP contribution is -2.44. The van der Waals surface area contributed by atoms with E-state index >= 15 is 0 Å². The monoisotopic (exact) mass is 240 g/mol. The van der Waals surface area contributed by atoms with Gasteiger partial charge in [0.05, 0.1) is 0 Å². The topological polar surface area (TPSA) is 38.0 Å². The van der Waals surface area contributed by atoms with E-state index in [9.17, 15) is 0 Å². The van der Waals surface area contributed by atoms with Gasteiger partial charge in [-0.05, 0) is 24.7 Å². The van der Waals surface area contributed by atoms with Crippen molar-refractivity contribution < 1.29 is 0 Å². The second-order valence-electron chi connectivity index (χ2n) is 5.74. The van der Waals surface area contributed by atoms with E-state index in [0.29, 0.717) is 6.04 Å². The fourth-order valence-electron chi connectivity index (χ4n) is 3.48. The normalized spacial score (nSPS) is 27.0. The summed E-state index contributed by atoms with van der Waals surface area (Å²) in [4.78, 5) is 0. The summed E-state index contributed by atoms with van der Waals surface area (Å²) in [5, 5.41) is 0. The van der Waals surface area contributed by atoms with Gasteiger partial charge in [0.15, 0.2) is 0 Å². The third-order valence-electron chi connectivity index (χ3n) is 4.59. The smallest absolute Gasteiger partial charge is 0.0241 e. The first kappa shape index (κ1) is 15.0. The van der Waals surface area contributed by atoms with Crippen molar-refractivity contribution >= 4 is 0 Å². The van der Waals surface area contributed by atoms with E-state index in [1.54, 1.807) is 0 Å². The van der Waals surface area contributed by atoms with Crippen molar-refractivity contribution in [2.45, 2.75) is 84.1 Å². The third-order valence-corrected chi connectivity index (χ3v) is 4.59. The third kappa shape index (κ3) is 4.97. The first-order valence-electron chi connectivity index (χ1n) is 7.79. The molecular formula is C15H32N2. The Morgan fingerprint density at radius 3 is 2.53 bits per heavy atom. The average molecular weight is 240 g/mol. The highest BCUT2D eigenvalue weighted by Gasteiger charge is 2.29. The Balaban J connectivity index is 2.35. The zero-order valence-electron chi connectivity index (χ0n) is 11.9. The minimum absolute atomic E-state index is 0.567. The summed E-state index contributed by atoms with van der Waals surface area (Å²) in [5.74, 6) is 7.53. The lowest BCUT2D eigenvalue weighted by molar-refractivity contribution is 0.167. The number of hydrazine groups is 1. The molecule has 0 saturated heterocycles.